The van der Waals surface area contributed by atoms with Gasteiger partial charge < -0.3 is 14.5 Å². The molecule has 2 heterocycles. The zero-order valence-electron chi connectivity index (χ0n) is 16.3. The number of sulfonamides is 1. The minimum absolute atomic E-state index is 0.100. The molecule has 2 aliphatic heterocycles. The Morgan fingerprint density at radius 1 is 1.07 bits per heavy atom. The predicted octanol–water partition coefficient (Wildman–Crippen LogP) is -0.400. The molecule has 1 aromatic carbocycles. The van der Waals surface area contributed by atoms with Crippen molar-refractivity contribution in [3.63, 3.8) is 0 Å². The summed E-state index contributed by atoms with van der Waals surface area (Å²) in [6.07, 6.45) is 0.290. The smallest absolute Gasteiger partial charge is 0.280 e. The maximum Gasteiger partial charge on any atom is 0.280 e. The van der Waals surface area contributed by atoms with Gasteiger partial charge in [-0.25, -0.2) is 8.42 Å². The fraction of sp³-hybridized carbons (Fsp3) is 0.632. The second-order valence-corrected chi connectivity index (χ2v) is 9.53. The van der Waals surface area contributed by atoms with Crippen molar-refractivity contribution in [2.24, 2.45) is 0 Å². The minimum atomic E-state index is -3.49. The minimum Gasteiger partial charge on any atom is -0.364 e. The van der Waals surface area contributed by atoms with Gasteiger partial charge in [-0.2, -0.15) is 4.31 Å². The van der Waals surface area contributed by atoms with Crippen LogP contribution in [0, 0.1) is 0 Å². The van der Waals surface area contributed by atoms with E-state index in [1.54, 1.807) is 35.2 Å². The number of amides is 1. The van der Waals surface area contributed by atoms with Gasteiger partial charge in [0.1, 0.15) is 25.3 Å². The van der Waals surface area contributed by atoms with E-state index in [0.717, 1.165) is 13.1 Å². The molecule has 0 spiro atoms. The standard InChI is InChI=1S/C19H29N3O4S/c1-15-13-21(14-16(2)26-15)17(3)19(23)20-9-11-22(12-10-20)27(24,25)18-7-5-4-6-8-18/h4-8,15-17H,9-14H2,1-3H3/p+1/t15-,16-,17-/m0/s1. The molecule has 0 bridgehead atoms. The van der Waals surface area contributed by atoms with Gasteiger partial charge in [-0.3, -0.25) is 4.79 Å². The quantitative estimate of drug-likeness (QED) is 0.752. The number of piperazine rings is 1. The Balaban J connectivity index is 1.59. The number of benzene rings is 1. The summed E-state index contributed by atoms with van der Waals surface area (Å²) in [5, 5.41) is 0. The van der Waals surface area contributed by atoms with Crippen LogP contribution in [0.3, 0.4) is 0 Å². The van der Waals surface area contributed by atoms with Gasteiger partial charge in [0.15, 0.2) is 6.04 Å². The fourth-order valence-corrected chi connectivity index (χ4v) is 5.45. The molecule has 3 atom stereocenters. The first-order valence-corrected chi connectivity index (χ1v) is 11.1. The number of morpholine rings is 1. The first kappa shape index (κ1) is 20.3. The third-order valence-electron chi connectivity index (χ3n) is 5.48. The van der Waals surface area contributed by atoms with Gasteiger partial charge in [-0.15, -0.1) is 0 Å². The summed E-state index contributed by atoms with van der Waals surface area (Å²) in [5.74, 6) is 0.100. The lowest BCUT2D eigenvalue weighted by molar-refractivity contribution is -0.928. The van der Waals surface area contributed by atoms with Gasteiger partial charge in [0.25, 0.3) is 5.91 Å². The molecule has 0 unspecified atom stereocenters. The van der Waals surface area contributed by atoms with Gasteiger partial charge in [0.2, 0.25) is 10.0 Å². The number of ether oxygens (including phenoxy) is 1. The molecule has 2 aliphatic rings. The van der Waals surface area contributed by atoms with Crippen molar-refractivity contribution in [3.05, 3.63) is 30.3 Å². The van der Waals surface area contributed by atoms with Crippen LogP contribution >= 0.6 is 0 Å². The molecular formula is C19H30N3O4S+. The van der Waals surface area contributed by atoms with Crippen LogP contribution in [0.5, 0.6) is 0 Å². The highest BCUT2D eigenvalue weighted by Gasteiger charge is 2.37. The summed E-state index contributed by atoms with van der Waals surface area (Å²) in [5.41, 5.74) is 0. The third-order valence-corrected chi connectivity index (χ3v) is 7.39. The Morgan fingerprint density at radius 3 is 2.19 bits per heavy atom. The van der Waals surface area contributed by atoms with Crippen LogP contribution < -0.4 is 4.90 Å². The molecule has 8 heteroatoms. The van der Waals surface area contributed by atoms with Crippen molar-refractivity contribution >= 4 is 15.9 Å². The maximum absolute atomic E-state index is 12.9. The van der Waals surface area contributed by atoms with E-state index in [-0.39, 0.29) is 24.2 Å². The van der Waals surface area contributed by atoms with E-state index in [1.165, 1.54) is 9.21 Å². The molecule has 1 amide bonds. The molecule has 1 N–H and O–H groups in total. The van der Waals surface area contributed by atoms with Gasteiger partial charge in [0, 0.05) is 26.2 Å². The lowest BCUT2D eigenvalue weighted by Crippen LogP contribution is -3.19. The summed E-state index contributed by atoms with van der Waals surface area (Å²) in [7, 11) is -3.49. The highest BCUT2D eigenvalue weighted by molar-refractivity contribution is 7.89. The number of hydrogen-bond donors (Lipinski definition) is 1. The highest BCUT2D eigenvalue weighted by atomic mass is 32.2. The zero-order chi connectivity index (χ0) is 19.6. The Kier molecular flexibility index (Phi) is 6.20. The van der Waals surface area contributed by atoms with E-state index in [0.29, 0.717) is 31.1 Å². The van der Waals surface area contributed by atoms with E-state index in [9.17, 15) is 13.2 Å². The molecule has 0 saturated carbocycles. The van der Waals surface area contributed by atoms with Gasteiger partial charge in [-0.05, 0) is 32.9 Å². The molecular weight excluding hydrogens is 366 g/mol. The fourth-order valence-electron chi connectivity index (χ4n) is 4.01. The Labute approximate surface area is 161 Å². The summed E-state index contributed by atoms with van der Waals surface area (Å²) >= 11 is 0. The normalized spacial score (nSPS) is 28.7. The summed E-state index contributed by atoms with van der Waals surface area (Å²) in [6, 6.07) is 8.32. The molecule has 0 radical (unpaired) electrons. The highest BCUT2D eigenvalue weighted by Crippen LogP contribution is 2.17. The Bertz CT molecular complexity index is 737. The van der Waals surface area contributed by atoms with Crippen molar-refractivity contribution in [3.8, 4) is 0 Å². The number of nitrogens with zero attached hydrogens (tertiary/aromatic N) is 2. The van der Waals surface area contributed by atoms with Crippen LogP contribution in [-0.2, 0) is 19.6 Å². The van der Waals surface area contributed by atoms with Crippen molar-refractivity contribution in [2.75, 3.05) is 39.3 Å². The number of hydrogen-bond acceptors (Lipinski definition) is 4. The van der Waals surface area contributed by atoms with E-state index >= 15 is 0 Å². The summed E-state index contributed by atoms with van der Waals surface area (Å²) < 4.78 is 32.7. The van der Waals surface area contributed by atoms with Crippen LogP contribution in [0.1, 0.15) is 20.8 Å². The van der Waals surface area contributed by atoms with Crippen molar-refractivity contribution < 1.29 is 22.8 Å². The molecule has 150 valence electrons. The number of carbonyl (C=O) groups excluding carboxylic acids is 1. The monoisotopic (exact) mass is 396 g/mol. The number of carbonyl (C=O) groups is 1. The van der Waals surface area contributed by atoms with E-state index in [1.807, 2.05) is 20.8 Å². The maximum atomic E-state index is 12.9. The molecule has 1 aromatic rings. The average Bonchev–Trinajstić information content (AvgIpc) is 2.67. The second-order valence-electron chi connectivity index (χ2n) is 7.59. The van der Waals surface area contributed by atoms with Crippen LogP contribution in [0.2, 0.25) is 0 Å². The van der Waals surface area contributed by atoms with Crippen LogP contribution in [0.4, 0.5) is 0 Å². The van der Waals surface area contributed by atoms with Gasteiger partial charge in [0.05, 0.1) is 4.90 Å². The Hall–Kier alpha value is -1.48. The second kappa shape index (κ2) is 8.26. The third kappa shape index (κ3) is 4.51. The Morgan fingerprint density at radius 2 is 1.63 bits per heavy atom. The SMILES string of the molecule is C[C@H]1C[NH+]([C@@H](C)C(=O)N2CCN(S(=O)(=O)c3ccccc3)CC2)C[C@H](C)O1. The average molecular weight is 397 g/mol. The van der Waals surface area contributed by atoms with Crippen molar-refractivity contribution in [1.82, 2.24) is 9.21 Å². The topological polar surface area (TPSA) is 71.4 Å². The van der Waals surface area contributed by atoms with E-state index in [4.69, 9.17) is 4.74 Å². The summed E-state index contributed by atoms with van der Waals surface area (Å²) in [4.78, 5) is 16.3. The largest absolute Gasteiger partial charge is 0.364 e. The molecule has 0 aliphatic carbocycles. The zero-order valence-corrected chi connectivity index (χ0v) is 17.1. The lowest BCUT2D eigenvalue weighted by Gasteiger charge is -2.39. The first-order valence-electron chi connectivity index (χ1n) is 9.63. The van der Waals surface area contributed by atoms with E-state index < -0.39 is 10.0 Å². The van der Waals surface area contributed by atoms with Crippen molar-refractivity contribution in [1.29, 1.82) is 0 Å². The molecule has 0 aromatic heterocycles. The first-order chi connectivity index (χ1) is 12.8. The van der Waals surface area contributed by atoms with Crippen LogP contribution in [0.25, 0.3) is 0 Å². The lowest BCUT2D eigenvalue weighted by atomic mass is 10.1. The van der Waals surface area contributed by atoms with Gasteiger partial charge >= 0.3 is 0 Å². The number of nitrogens with one attached hydrogen (secondary N) is 1. The summed E-state index contributed by atoms with van der Waals surface area (Å²) in [6.45, 7) is 9.23. The number of rotatable bonds is 4. The van der Waals surface area contributed by atoms with E-state index in [2.05, 4.69) is 0 Å². The molecule has 27 heavy (non-hydrogen) atoms. The molecule has 2 saturated heterocycles. The predicted molar refractivity (Wildman–Crippen MR) is 102 cm³/mol. The van der Waals surface area contributed by atoms with Crippen molar-refractivity contribution in [2.45, 2.75) is 43.9 Å². The van der Waals surface area contributed by atoms with Crippen LogP contribution in [-0.4, -0.2) is 81.0 Å². The van der Waals surface area contributed by atoms with Crippen LogP contribution in [0.15, 0.2) is 35.2 Å². The molecule has 7 nitrogen and oxygen atoms in total. The number of quaternary nitrogens is 1. The molecule has 3 rings (SSSR count). The molecule has 2 fully saturated rings. The van der Waals surface area contributed by atoms with Gasteiger partial charge in [-0.1, -0.05) is 18.2 Å².